The van der Waals surface area contributed by atoms with Gasteiger partial charge < -0.3 is 9.09 Å². The highest BCUT2D eigenvalue weighted by molar-refractivity contribution is 6.30. The van der Waals surface area contributed by atoms with Gasteiger partial charge in [-0.2, -0.15) is 4.98 Å². The normalized spacial score (nSPS) is 11.4. The summed E-state index contributed by atoms with van der Waals surface area (Å²) in [5.74, 6) is 1.31. The summed E-state index contributed by atoms with van der Waals surface area (Å²) in [6.07, 6.45) is 1.62. The number of aromatic nitrogens is 3. The van der Waals surface area contributed by atoms with Crippen molar-refractivity contribution in [2.45, 2.75) is 46.7 Å². The molecule has 0 aliphatic carbocycles. The van der Waals surface area contributed by atoms with E-state index in [0.717, 1.165) is 41.4 Å². The fourth-order valence-corrected chi connectivity index (χ4v) is 3.56. The molecule has 2 heterocycles. The molecule has 154 valence electrons. The van der Waals surface area contributed by atoms with Crippen LogP contribution >= 0.6 is 11.6 Å². The molecule has 0 aliphatic rings. The van der Waals surface area contributed by atoms with Gasteiger partial charge >= 0.3 is 0 Å². The Bertz CT molecular complexity index is 975. The van der Waals surface area contributed by atoms with E-state index in [1.807, 2.05) is 63.1 Å². The molecule has 0 amide bonds. The van der Waals surface area contributed by atoms with Crippen molar-refractivity contribution in [1.29, 1.82) is 0 Å². The van der Waals surface area contributed by atoms with E-state index in [2.05, 4.69) is 14.7 Å². The summed E-state index contributed by atoms with van der Waals surface area (Å²) in [5.41, 5.74) is 4.08. The summed E-state index contributed by atoms with van der Waals surface area (Å²) < 4.78 is 7.42. The lowest BCUT2D eigenvalue weighted by Gasteiger charge is -2.13. The molecule has 0 fully saturated rings. The zero-order valence-electron chi connectivity index (χ0n) is 17.4. The lowest BCUT2D eigenvalue weighted by Crippen LogP contribution is -2.26. The van der Waals surface area contributed by atoms with Crippen LogP contribution in [-0.4, -0.2) is 39.0 Å². The Morgan fingerprint density at radius 3 is 2.62 bits per heavy atom. The van der Waals surface area contributed by atoms with Gasteiger partial charge in [-0.15, -0.1) is 0 Å². The number of hydrogen-bond acceptors (Lipinski definition) is 5. The van der Waals surface area contributed by atoms with Crippen molar-refractivity contribution in [1.82, 2.24) is 19.6 Å². The van der Waals surface area contributed by atoms with E-state index in [9.17, 15) is 4.79 Å². The van der Waals surface area contributed by atoms with Gasteiger partial charge in [0.2, 0.25) is 5.89 Å². The predicted octanol–water partition coefficient (Wildman–Crippen LogP) is 4.26. The molecule has 0 atom stereocenters. The summed E-state index contributed by atoms with van der Waals surface area (Å²) in [4.78, 5) is 19.1. The molecule has 29 heavy (non-hydrogen) atoms. The number of Topliss-reactive ketones (excluding diaryl/α,β-unsaturated/α-hetero) is 1. The van der Waals surface area contributed by atoms with Crippen LogP contribution < -0.4 is 0 Å². The molecular formula is C22H27ClN4O2. The second-order valence-electron chi connectivity index (χ2n) is 7.37. The van der Waals surface area contributed by atoms with Crippen molar-refractivity contribution >= 4 is 17.4 Å². The summed E-state index contributed by atoms with van der Waals surface area (Å²) in [7, 11) is 1.88. The Kier molecular flexibility index (Phi) is 6.87. The molecule has 0 saturated carbocycles. The SMILES string of the molecule is CCc1noc(CN(C)CC(=O)c2cc(C)n(CCc3ccc(Cl)cc3)c2C)n1. The summed E-state index contributed by atoms with van der Waals surface area (Å²) in [6, 6.07) is 9.88. The Balaban J connectivity index is 1.63. The van der Waals surface area contributed by atoms with Gasteiger partial charge in [-0.1, -0.05) is 35.8 Å². The maximum atomic E-state index is 12.9. The third kappa shape index (κ3) is 5.34. The fourth-order valence-electron chi connectivity index (χ4n) is 3.43. The fraction of sp³-hybridized carbons (Fsp3) is 0.409. The molecule has 6 nitrogen and oxygen atoms in total. The van der Waals surface area contributed by atoms with Crippen LogP contribution in [0.1, 0.15) is 45.9 Å². The number of hydrogen-bond donors (Lipinski definition) is 0. The summed E-state index contributed by atoms with van der Waals surface area (Å²) >= 11 is 5.96. The number of carbonyl (C=O) groups is 1. The number of likely N-dealkylation sites (N-methyl/N-ethyl adjacent to an activating group) is 1. The van der Waals surface area contributed by atoms with Gasteiger partial charge in [0.1, 0.15) is 0 Å². The van der Waals surface area contributed by atoms with Crippen LogP contribution in [0.2, 0.25) is 5.02 Å². The van der Waals surface area contributed by atoms with Gasteiger partial charge in [-0.25, -0.2) is 0 Å². The van der Waals surface area contributed by atoms with Crippen LogP contribution in [0.25, 0.3) is 0 Å². The van der Waals surface area contributed by atoms with E-state index < -0.39 is 0 Å². The maximum Gasteiger partial charge on any atom is 0.240 e. The first-order chi connectivity index (χ1) is 13.9. The van der Waals surface area contributed by atoms with E-state index in [1.54, 1.807) is 0 Å². The molecule has 3 aromatic rings. The Hall–Kier alpha value is -2.44. The number of carbonyl (C=O) groups excluding carboxylic acids is 1. The average Bonchev–Trinajstić information content (AvgIpc) is 3.25. The van der Waals surface area contributed by atoms with Crippen molar-refractivity contribution in [2.24, 2.45) is 0 Å². The highest BCUT2D eigenvalue weighted by atomic mass is 35.5. The maximum absolute atomic E-state index is 12.9. The predicted molar refractivity (Wildman–Crippen MR) is 113 cm³/mol. The summed E-state index contributed by atoms with van der Waals surface area (Å²) in [5, 5.41) is 4.64. The topological polar surface area (TPSA) is 64.2 Å². The molecule has 0 unspecified atom stereocenters. The number of rotatable bonds is 9. The molecule has 0 bridgehead atoms. The average molecular weight is 415 g/mol. The minimum Gasteiger partial charge on any atom is -0.348 e. The van der Waals surface area contributed by atoms with Gasteiger partial charge in [-0.3, -0.25) is 9.69 Å². The number of benzene rings is 1. The van der Waals surface area contributed by atoms with Crippen LogP contribution in [0.5, 0.6) is 0 Å². The third-order valence-corrected chi connectivity index (χ3v) is 5.31. The highest BCUT2D eigenvalue weighted by Gasteiger charge is 2.18. The van der Waals surface area contributed by atoms with Crippen molar-refractivity contribution < 1.29 is 9.32 Å². The van der Waals surface area contributed by atoms with Crippen LogP contribution in [0.15, 0.2) is 34.9 Å². The molecule has 0 N–H and O–H groups in total. The minimum absolute atomic E-state index is 0.0913. The van der Waals surface area contributed by atoms with Gasteiger partial charge in [0.25, 0.3) is 0 Å². The van der Waals surface area contributed by atoms with Crippen molar-refractivity contribution in [3.63, 3.8) is 0 Å². The minimum atomic E-state index is 0.0913. The molecule has 2 aromatic heterocycles. The van der Waals surface area contributed by atoms with Gasteiger partial charge in [0.15, 0.2) is 11.6 Å². The first-order valence-electron chi connectivity index (χ1n) is 9.81. The van der Waals surface area contributed by atoms with E-state index in [0.29, 0.717) is 24.8 Å². The van der Waals surface area contributed by atoms with E-state index in [-0.39, 0.29) is 5.78 Å². The van der Waals surface area contributed by atoms with Gasteiger partial charge in [0, 0.05) is 34.9 Å². The van der Waals surface area contributed by atoms with E-state index >= 15 is 0 Å². The smallest absolute Gasteiger partial charge is 0.240 e. The second-order valence-corrected chi connectivity index (χ2v) is 7.80. The molecule has 3 rings (SSSR count). The number of ketones is 1. The zero-order chi connectivity index (χ0) is 21.0. The van der Waals surface area contributed by atoms with E-state index in [4.69, 9.17) is 16.1 Å². The summed E-state index contributed by atoms with van der Waals surface area (Å²) in [6.45, 7) is 7.60. The largest absolute Gasteiger partial charge is 0.348 e. The van der Waals surface area contributed by atoms with Gasteiger partial charge in [-0.05, 0) is 51.1 Å². The molecule has 0 saturated heterocycles. The van der Waals surface area contributed by atoms with Gasteiger partial charge in [0.05, 0.1) is 13.1 Å². The second kappa shape index (κ2) is 9.37. The van der Waals surface area contributed by atoms with Crippen LogP contribution in [0.3, 0.4) is 0 Å². The number of nitrogens with zero attached hydrogens (tertiary/aromatic N) is 4. The van der Waals surface area contributed by atoms with Crippen LogP contribution in [0, 0.1) is 13.8 Å². The standard InChI is InChI=1S/C22H27ClN4O2/c1-5-21-24-22(29-25-21)14-26(4)13-20(28)19-12-15(2)27(16(19)3)11-10-17-6-8-18(23)9-7-17/h6-9,12H,5,10-11,13-14H2,1-4H3. The molecule has 0 aliphatic heterocycles. The highest BCUT2D eigenvalue weighted by Crippen LogP contribution is 2.18. The Labute approximate surface area is 176 Å². The van der Waals surface area contributed by atoms with Crippen molar-refractivity contribution in [3.05, 3.63) is 69.6 Å². The molecule has 1 aromatic carbocycles. The third-order valence-electron chi connectivity index (χ3n) is 5.06. The first kappa shape index (κ1) is 21.3. The number of halogens is 1. The number of aryl methyl sites for hydroxylation is 3. The van der Waals surface area contributed by atoms with E-state index in [1.165, 1.54) is 5.56 Å². The Morgan fingerprint density at radius 2 is 1.97 bits per heavy atom. The molecule has 0 spiro atoms. The Morgan fingerprint density at radius 1 is 1.24 bits per heavy atom. The zero-order valence-corrected chi connectivity index (χ0v) is 18.2. The first-order valence-corrected chi connectivity index (χ1v) is 10.2. The van der Waals surface area contributed by atoms with Crippen LogP contribution in [0.4, 0.5) is 0 Å². The van der Waals surface area contributed by atoms with Crippen molar-refractivity contribution in [3.8, 4) is 0 Å². The molecule has 0 radical (unpaired) electrons. The lowest BCUT2D eigenvalue weighted by atomic mass is 10.1. The lowest BCUT2D eigenvalue weighted by molar-refractivity contribution is 0.0936. The molecule has 7 heteroatoms. The van der Waals surface area contributed by atoms with Crippen molar-refractivity contribution in [2.75, 3.05) is 13.6 Å². The van der Waals surface area contributed by atoms with Crippen LogP contribution in [-0.2, 0) is 25.9 Å². The quantitative estimate of drug-likeness (QED) is 0.489. The monoisotopic (exact) mass is 414 g/mol. The molecular weight excluding hydrogens is 388 g/mol.